The molecule has 0 N–H and O–H groups in total. The van der Waals surface area contributed by atoms with Crippen molar-refractivity contribution in [3.63, 3.8) is 0 Å². The minimum Gasteiger partial charge on any atom is -0.371 e. The van der Waals surface area contributed by atoms with Crippen molar-refractivity contribution in [2.45, 2.75) is 80.1 Å². The van der Waals surface area contributed by atoms with Gasteiger partial charge in [-0.05, 0) is 101 Å². The second-order valence-corrected chi connectivity index (χ2v) is 10.0. The first-order valence-electron chi connectivity index (χ1n) is 12.4. The van der Waals surface area contributed by atoms with Crippen LogP contribution in [0, 0.1) is 11.8 Å². The van der Waals surface area contributed by atoms with E-state index in [1.54, 1.807) is 0 Å². The molecule has 170 valence electrons. The highest BCUT2D eigenvalue weighted by Crippen LogP contribution is 2.25. The van der Waals surface area contributed by atoms with Crippen LogP contribution in [0.25, 0.3) is 10.8 Å². The van der Waals surface area contributed by atoms with Gasteiger partial charge in [0.05, 0.1) is 0 Å². The molecule has 0 heterocycles. The highest BCUT2D eigenvalue weighted by molar-refractivity contribution is 5.85. The quantitative estimate of drug-likeness (QED) is 0.292. The fraction of sp³-hybridized carbons (Fsp3) is 0.533. The highest BCUT2D eigenvalue weighted by Gasteiger charge is 2.12. The Morgan fingerprint density at radius 2 is 1.23 bits per heavy atom. The summed E-state index contributed by atoms with van der Waals surface area (Å²) in [6.07, 6.45) is 12.3. The van der Waals surface area contributed by atoms with Crippen molar-refractivity contribution in [1.82, 2.24) is 0 Å². The molecule has 0 fully saturated rings. The summed E-state index contributed by atoms with van der Waals surface area (Å²) in [5.74, 6) is 1.52. The second-order valence-electron chi connectivity index (χ2n) is 10.0. The smallest absolute Gasteiger partial charge is 0.0372 e. The predicted molar refractivity (Wildman–Crippen MR) is 141 cm³/mol. The highest BCUT2D eigenvalue weighted by atomic mass is 15.1. The maximum Gasteiger partial charge on any atom is 0.0372 e. The molecule has 0 aliphatic rings. The van der Waals surface area contributed by atoms with Crippen molar-refractivity contribution in [2.75, 3.05) is 18.0 Å². The first-order chi connectivity index (χ1) is 14.8. The van der Waals surface area contributed by atoms with E-state index in [9.17, 15) is 0 Å². The van der Waals surface area contributed by atoms with Gasteiger partial charge in [-0.15, -0.1) is 0 Å². The van der Waals surface area contributed by atoms with Gasteiger partial charge in [-0.1, -0.05) is 67.5 Å². The van der Waals surface area contributed by atoms with E-state index in [1.165, 1.54) is 66.1 Å². The van der Waals surface area contributed by atoms with E-state index in [2.05, 4.69) is 101 Å². The van der Waals surface area contributed by atoms with Gasteiger partial charge >= 0.3 is 0 Å². The molecule has 1 nitrogen and oxygen atoms in total. The van der Waals surface area contributed by atoms with Crippen molar-refractivity contribution in [3.8, 4) is 0 Å². The third kappa shape index (κ3) is 9.76. The molecule has 0 saturated carbocycles. The molecule has 0 aromatic heterocycles. The maximum atomic E-state index is 2.64. The van der Waals surface area contributed by atoms with Gasteiger partial charge < -0.3 is 4.90 Å². The molecule has 0 radical (unpaired) electrons. The zero-order valence-electron chi connectivity index (χ0n) is 21.0. The Hall–Kier alpha value is -2.02. The summed E-state index contributed by atoms with van der Waals surface area (Å²) in [5.41, 5.74) is 4.26. The standard InChI is InChI=1S/C30H45N/c1-24(2)11-9-13-26(5)19-21-31(22-20-27(6)14-10-12-25(3)4)30-18-17-28-15-7-8-16-29(28)23-30/h7-8,11-12,15-18,23,26-27H,9-10,13-14,19-22H2,1-6H3. The summed E-state index contributed by atoms with van der Waals surface area (Å²) >= 11 is 0. The number of anilines is 1. The molecule has 0 amide bonds. The van der Waals surface area contributed by atoms with Gasteiger partial charge in [-0.3, -0.25) is 0 Å². The molecule has 2 atom stereocenters. The van der Waals surface area contributed by atoms with E-state index in [0.29, 0.717) is 0 Å². The Bertz CT molecular complexity index is 804. The lowest BCUT2D eigenvalue weighted by molar-refractivity contribution is 0.465. The van der Waals surface area contributed by atoms with Gasteiger partial charge in [0.15, 0.2) is 0 Å². The SMILES string of the molecule is CC(C)=CCCC(C)CCN(CCC(C)CCC=C(C)C)c1ccc2ccccc2c1. The number of benzene rings is 2. The van der Waals surface area contributed by atoms with Gasteiger partial charge in [0.25, 0.3) is 0 Å². The fourth-order valence-corrected chi connectivity index (χ4v) is 4.10. The minimum atomic E-state index is 0.758. The van der Waals surface area contributed by atoms with Crippen molar-refractivity contribution >= 4 is 16.5 Å². The topological polar surface area (TPSA) is 3.24 Å². The summed E-state index contributed by atoms with van der Waals surface area (Å²) in [5, 5.41) is 2.68. The fourth-order valence-electron chi connectivity index (χ4n) is 4.10. The molecule has 2 rings (SSSR count). The van der Waals surface area contributed by atoms with Crippen LogP contribution in [0.2, 0.25) is 0 Å². The minimum absolute atomic E-state index is 0.758. The van der Waals surface area contributed by atoms with Gasteiger partial charge in [-0.25, -0.2) is 0 Å². The Labute approximate surface area is 192 Å². The number of hydrogen-bond acceptors (Lipinski definition) is 1. The van der Waals surface area contributed by atoms with Crippen LogP contribution >= 0.6 is 0 Å². The molecule has 2 aromatic carbocycles. The molecule has 31 heavy (non-hydrogen) atoms. The summed E-state index contributed by atoms with van der Waals surface area (Å²) in [6.45, 7) is 15.9. The second kappa shape index (κ2) is 13.4. The zero-order valence-corrected chi connectivity index (χ0v) is 21.0. The average Bonchev–Trinajstić information content (AvgIpc) is 2.73. The zero-order chi connectivity index (χ0) is 22.6. The van der Waals surface area contributed by atoms with E-state index in [1.807, 2.05) is 0 Å². The van der Waals surface area contributed by atoms with Gasteiger partial charge in [0, 0.05) is 18.8 Å². The Kier molecular flexibility index (Phi) is 10.9. The van der Waals surface area contributed by atoms with E-state index in [0.717, 1.165) is 24.9 Å². The normalized spacial score (nSPS) is 13.0. The van der Waals surface area contributed by atoms with Crippen molar-refractivity contribution in [3.05, 3.63) is 65.8 Å². The largest absolute Gasteiger partial charge is 0.371 e. The van der Waals surface area contributed by atoms with Crippen LogP contribution in [0.1, 0.15) is 80.1 Å². The lowest BCUT2D eigenvalue weighted by atomic mass is 9.98. The third-order valence-corrected chi connectivity index (χ3v) is 6.31. The van der Waals surface area contributed by atoms with E-state index in [-0.39, 0.29) is 0 Å². The Morgan fingerprint density at radius 1 is 0.710 bits per heavy atom. The van der Waals surface area contributed by atoms with Gasteiger partial charge in [-0.2, -0.15) is 0 Å². The maximum absolute atomic E-state index is 2.64. The van der Waals surface area contributed by atoms with Crippen LogP contribution in [0.15, 0.2) is 65.8 Å². The molecule has 1 heteroatoms. The molecule has 0 bridgehead atoms. The first kappa shape index (κ1) is 25.2. The van der Waals surface area contributed by atoms with Crippen molar-refractivity contribution < 1.29 is 0 Å². The molecular formula is C30H45N. The molecule has 0 aliphatic heterocycles. The number of allylic oxidation sites excluding steroid dienone is 4. The van der Waals surface area contributed by atoms with Crippen LogP contribution < -0.4 is 4.90 Å². The molecule has 2 unspecified atom stereocenters. The van der Waals surface area contributed by atoms with Gasteiger partial charge in [0.1, 0.15) is 0 Å². The van der Waals surface area contributed by atoms with Gasteiger partial charge in [0.2, 0.25) is 0 Å². The first-order valence-corrected chi connectivity index (χ1v) is 12.4. The lowest BCUT2D eigenvalue weighted by Crippen LogP contribution is -2.28. The Morgan fingerprint density at radius 3 is 1.74 bits per heavy atom. The summed E-state index contributed by atoms with van der Waals surface area (Å²) in [7, 11) is 0. The average molecular weight is 420 g/mol. The van der Waals surface area contributed by atoms with Crippen LogP contribution in [0.4, 0.5) is 5.69 Å². The molecule has 2 aromatic rings. The number of fused-ring (bicyclic) bond motifs is 1. The molecule has 0 saturated heterocycles. The number of rotatable bonds is 13. The molecular weight excluding hydrogens is 374 g/mol. The van der Waals surface area contributed by atoms with Crippen molar-refractivity contribution in [2.24, 2.45) is 11.8 Å². The molecule has 0 spiro atoms. The van der Waals surface area contributed by atoms with Crippen molar-refractivity contribution in [1.29, 1.82) is 0 Å². The summed E-state index contributed by atoms with van der Waals surface area (Å²) in [6, 6.07) is 15.7. The van der Waals surface area contributed by atoms with E-state index >= 15 is 0 Å². The lowest BCUT2D eigenvalue weighted by Gasteiger charge is -2.28. The van der Waals surface area contributed by atoms with Crippen LogP contribution in [0.3, 0.4) is 0 Å². The monoisotopic (exact) mass is 419 g/mol. The van der Waals surface area contributed by atoms with E-state index < -0.39 is 0 Å². The van der Waals surface area contributed by atoms with Crippen LogP contribution in [0.5, 0.6) is 0 Å². The number of nitrogens with zero attached hydrogens (tertiary/aromatic N) is 1. The Balaban J connectivity index is 2.01. The molecule has 0 aliphatic carbocycles. The van der Waals surface area contributed by atoms with E-state index in [4.69, 9.17) is 0 Å². The van der Waals surface area contributed by atoms with Crippen LogP contribution in [-0.4, -0.2) is 13.1 Å². The summed E-state index contributed by atoms with van der Waals surface area (Å²) < 4.78 is 0. The number of hydrogen-bond donors (Lipinski definition) is 0. The predicted octanol–water partition coefficient (Wildman–Crippen LogP) is 9.19. The van der Waals surface area contributed by atoms with Crippen LogP contribution in [-0.2, 0) is 0 Å². The summed E-state index contributed by atoms with van der Waals surface area (Å²) in [4.78, 5) is 2.64. The third-order valence-electron chi connectivity index (χ3n) is 6.31.